The molecule has 0 aliphatic carbocycles. The average molecular weight is 299 g/mol. The van der Waals surface area contributed by atoms with E-state index in [1.165, 1.54) is 17.7 Å². The Kier molecular flexibility index (Phi) is 5.31. The van der Waals surface area contributed by atoms with E-state index >= 15 is 0 Å². The van der Waals surface area contributed by atoms with Gasteiger partial charge in [-0.1, -0.05) is 34.0 Å². The predicted octanol–water partition coefficient (Wildman–Crippen LogP) is 4.16. The molecule has 88 valence electrons. The molecule has 0 heterocycles. The van der Waals surface area contributed by atoms with Gasteiger partial charge in [0.25, 0.3) is 0 Å². The molecule has 2 nitrogen and oxygen atoms in total. The molecule has 0 fully saturated rings. The van der Waals surface area contributed by atoms with Crippen molar-refractivity contribution < 1.29 is 9.53 Å². The largest absolute Gasteiger partial charge is 0.497 e. The third-order valence-corrected chi connectivity index (χ3v) is 5.88. The molecule has 0 spiro atoms. The van der Waals surface area contributed by atoms with Gasteiger partial charge in [-0.3, -0.25) is 4.79 Å². The molecule has 0 N–H and O–H groups in total. The Balaban J connectivity index is 2.58. The Morgan fingerprint density at radius 1 is 1.31 bits per heavy atom. The van der Waals surface area contributed by atoms with Crippen molar-refractivity contribution >= 4 is 50.6 Å². The Hall–Kier alpha value is -0.0300. The molecule has 0 saturated carbocycles. The maximum Gasteiger partial charge on any atom is 0.230 e. The molecule has 0 atom stereocenters. The number of rotatable bonds is 5. The molecular weight excluding hydrogens is 289 g/mol. The zero-order chi connectivity index (χ0) is 12.2. The van der Waals surface area contributed by atoms with Gasteiger partial charge in [0.05, 0.1) is 7.11 Å². The van der Waals surface area contributed by atoms with Gasteiger partial charge in [0, 0.05) is 4.90 Å². The lowest BCUT2D eigenvalue weighted by molar-refractivity contribution is -0.116. The summed E-state index contributed by atoms with van der Waals surface area (Å²) in [7, 11) is 4.07. The molecule has 0 saturated heterocycles. The van der Waals surface area contributed by atoms with Crippen molar-refractivity contribution in [1.29, 1.82) is 0 Å². The van der Waals surface area contributed by atoms with E-state index in [1.807, 2.05) is 24.3 Å². The van der Waals surface area contributed by atoms with Crippen LogP contribution in [0.2, 0.25) is 0 Å². The quantitative estimate of drug-likeness (QED) is 0.463. The van der Waals surface area contributed by atoms with E-state index in [0.29, 0.717) is 0 Å². The van der Waals surface area contributed by atoms with Crippen molar-refractivity contribution in [2.24, 2.45) is 0 Å². The fourth-order valence-electron chi connectivity index (χ4n) is 0.790. The van der Waals surface area contributed by atoms with Crippen LogP contribution in [-0.4, -0.2) is 16.6 Å². The van der Waals surface area contributed by atoms with Crippen LogP contribution in [0.1, 0.15) is 6.92 Å². The molecule has 0 radical (unpaired) electrons. The Morgan fingerprint density at radius 3 is 2.31 bits per heavy atom. The van der Waals surface area contributed by atoms with Crippen LogP contribution < -0.4 is 4.74 Å². The molecular formula is C10H10Cl2O2S2. The molecule has 0 unspecified atom stereocenters. The highest BCUT2D eigenvalue weighted by atomic mass is 35.5. The van der Waals surface area contributed by atoms with Crippen LogP contribution in [0.3, 0.4) is 0 Å². The van der Waals surface area contributed by atoms with Crippen LogP contribution in [0.25, 0.3) is 0 Å². The summed E-state index contributed by atoms with van der Waals surface area (Å²) < 4.78 is 3.63. The SMILES string of the molecule is COc1ccc(SS[13C](Cl)(Cl)[13C](C)=O)cc1. The monoisotopic (exact) mass is 298 g/mol. The lowest BCUT2D eigenvalue weighted by Gasteiger charge is -2.13. The lowest BCUT2D eigenvalue weighted by Crippen LogP contribution is -2.16. The van der Waals surface area contributed by atoms with Crippen LogP contribution in [0.5, 0.6) is 5.75 Å². The number of alkyl halides is 2. The van der Waals surface area contributed by atoms with Crippen LogP contribution in [0.4, 0.5) is 0 Å². The van der Waals surface area contributed by atoms with Gasteiger partial charge in [-0.05, 0) is 42.0 Å². The summed E-state index contributed by atoms with van der Waals surface area (Å²) >= 11 is 11.6. The van der Waals surface area contributed by atoms with E-state index in [9.17, 15) is 4.79 Å². The first-order valence-corrected chi connectivity index (χ1v) is 7.25. The average Bonchev–Trinajstić information content (AvgIpc) is 2.27. The number of methoxy groups -OCH3 is 1. The fraction of sp³-hybridized carbons (Fsp3) is 0.300. The van der Waals surface area contributed by atoms with Gasteiger partial charge >= 0.3 is 0 Å². The van der Waals surface area contributed by atoms with Gasteiger partial charge in [0.1, 0.15) is 5.75 Å². The highest BCUT2D eigenvalue weighted by molar-refractivity contribution is 8.78. The van der Waals surface area contributed by atoms with Crippen LogP contribution in [-0.2, 0) is 4.79 Å². The van der Waals surface area contributed by atoms with E-state index < -0.39 is 3.67 Å². The smallest absolute Gasteiger partial charge is 0.230 e. The van der Waals surface area contributed by atoms with Crippen LogP contribution in [0, 0.1) is 0 Å². The van der Waals surface area contributed by atoms with E-state index in [0.717, 1.165) is 21.4 Å². The highest BCUT2D eigenvalue weighted by Gasteiger charge is 2.31. The standard InChI is InChI=1S/C10H10Cl2O2S2/c1-7(13)10(11,12)16-15-9-5-3-8(14-2)4-6-9/h3-6H,1-2H3/i7+1,10+1. The van der Waals surface area contributed by atoms with Gasteiger partial charge < -0.3 is 4.74 Å². The van der Waals surface area contributed by atoms with E-state index in [-0.39, 0.29) is 5.78 Å². The number of hydrogen-bond donors (Lipinski definition) is 0. The molecule has 1 aromatic rings. The number of halogens is 2. The van der Waals surface area contributed by atoms with E-state index in [1.54, 1.807) is 7.11 Å². The molecule has 0 aliphatic rings. The van der Waals surface area contributed by atoms with Crippen LogP contribution >= 0.6 is 44.8 Å². The minimum Gasteiger partial charge on any atom is -0.497 e. The normalized spacial score (nSPS) is 11.2. The van der Waals surface area contributed by atoms with Gasteiger partial charge in [-0.2, -0.15) is 0 Å². The van der Waals surface area contributed by atoms with Gasteiger partial charge in [-0.25, -0.2) is 0 Å². The second kappa shape index (κ2) is 6.05. The van der Waals surface area contributed by atoms with Gasteiger partial charge in [-0.15, -0.1) is 0 Å². The zero-order valence-corrected chi connectivity index (χ0v) is 11.8. The maximum atomic E-state index is 11.1. The Labute approximate surface area is 112 Å². The first kappa shape index (κ1) is 14.0. The minimum atomic E-state index is -1.40. The predicted molar refractivity (Wildman–Crippen MR) is 71.6 cm³/mol. The first-order valence-electron chi connectivity index (χ1n) is 4.34. The molecule has 0 aromatic heterocycles. The lowest BCUT2D eigenvalue weighted by atomic mass is 10.3. The molecule has 0 bridgehead atoms. The van der Waals surface area contributed by atoms with Crippen molar-refractivity contribution in [2.75, 3.05) is 7.11 Å². The number of Topliss-reactive ketones (excluding diaryl/α,β-unsaturated/α-hetero) is 1. The van der Waals surface area contributed by atoms with Crippen molar-refractivity contribution in [1.82, 2.24) is 0 Å². The highest BCUT2D eigenvalue weighted by Crippen LogP contribution is 2.46. The van der Waals surface area contributed by atoms with E-state index in [2.05, 4.69) is 0 Å². The molecule has 1 rings (SSSR count). The van der Waals surface area contributed by atoms with Crippen molar-refractivity contribution in [2.45, 2.75) is 15.5 Å². The third kappa shape index (κ3) is 4.09. The Morgan fingerprint density at radius 2 is 1.88 bits per heavy atom. The molecule has 0 aliphatic heterocycles. The Bertz CT molecular complexity index is 366. The van der Waals surface area contributed by atoms with Gasteiger partial charge in [0.15, 0.2) is 5.78 Å². The number of ether oxygens (including phenoxy) is 1. The molecule has 0 amide bonds. The first-order chi connectivity index (χ1) is 7.45. The minimum absolute atomic E-state index is 0.276. The summed E-state index contributed by atoms with van der Waals surface area (Å²) in [5.41, 5.74) is 0. The van der Waals surface area contributed by atoms with E-state index in [4.69, 9.17) is 27.9 Å². The summed E-state index contributed by atoms with van der Waals surface area (Å²) in [6.45, 7) is 1.36. The number of ketones is 1. The van der Waals surface area contributed by atoms with Crippen LogP contribution in [0.15, 0.2) is 29.2 Å². The molecule has 1 aromatic carbocycles. The summed E-state index contributed by atoms with van der Waals surface area (Å²) in [6, 6.07) is 7.42. The third-order valence-electron chi connectivity index (χ3n) is 1.71. The van der Waals surface area contributed by atoms with Crippen molar-refractivity contribution in [3.63, 3.8) is 0 Å². The summed E-state index contributed by atoms with van der Waals surface area (Å²) in [4.78, 5) is 12.0. The number of hydrogen-bond acceptors (Lipinski definition) is 4. The second-order valence-corrected chi connectivity index (χ2v) is 7.11. The topological polar surface area (TPSA) is 26.3 Å². The maximum absolute atomic E-state index is 11.1. The summed E-state index contributed by atoms with van der Waals surface area (Å²) in [5.74, 6) is 0.505. The summed E-state index contributed by atoms with van der Waals surface area (Å²) in [5, 5.41) is 0. The van der Waals surface area contributed by atoms with Crippen molar-refractivity contribution in [3.05, 3.63) is 24.3 Å². The zero-order valence-electron chi connectivity index (χ0n) is 8.70. The summed E-state index contributed by atoms with van der Waals surface area (Å²) in [6.07, 6.45) is 0. The van der Waals surface area contributed by atoms with Gasteiger partial charge in [0.2, 0.25) is 3.67 Å². The molecule has 16 heavy (non-hydrogen) atoms. The van der Waals surface area contributed by atoms with Crippen molar-refractivity contribution in [3.8, 4) is 5.75 Å². The molecule has 6 heteroatoms. The number of carbonyl (C=O) groups excluding carboxylic acids is 1. The fourth-order valence-corrected chi connectivity index (χ4v) is 3.21. The second-order valence-electron chi connectivity index (χ2n) is 2.92. The number of benzene rings is 1. The number of carbonyl (C=O) groups is 1.